The van der Waals surface area contributed by atoms with Gasteiger partial charge in [0.1, 0.15) is 23.9 Å². The molecule has 2 aromatic carbocycles. The molecule has 2 heterocycles. The van der Waals surface area contributed by atoms with Gasteiger partial charge in [0.05, 0.1) is 6.04 Å². The molecule has 54 heavy (non-hydrogen) atoms. The Morgan fingerprint density at radius 3 is 2.04 bits per heavy atom. The number of carbonyl (C=O) groups excluding carboxylic acids is 4. The van der Waals surface area contributed by atoms with Crippen molar-refractivity contribution in [1.82, 2.24) is 20.9 Å². The van der Waals surface area contributed by atoms with E-state index in [2.05, 4.69) is 16.0 Å². The molecule has 0 bridgehead atoms. The normalized spacial score (nSPS) is 19.4. The van der Waals surface area contributed by atoms with E-state index >= 15 is 0 Å². The third kappa shape index (κ3) is 12.5. The number of nitrogens with zero attached hydrogens (tertiary/aromatic N) is 1. The van der Waals surface area contributed by atoms with Gasteiger partial charge in [-0.05, 0) is 62.3 Å². The van der Waals surface area contributed by atoms with E-state index in [1.165, 1.54) is 24.3 Å². The number of ether oxygens (including phenoxy) is 1. The van der Waals surface area contributed by atoms with Crippen molar-refractivity contribution in [2.75, 3.05) is 0 Å². The Kier molecular flexibility index (Phi) is 15.3. The van der Waals surface area contributed by atoms with E-state index in [1.54, 1.807) is 11.8 Å². The lowest BCUT2D eigenvalue weighted by Crippen LogP contribution is -2.59. The van der Waals surface area contributed by atoms with Crippen LogP contribution >= 0.6 is 0 Å². The fraction of sp³-hybridized carbons (Fsp3) is 0.457. The summed E-state index contributed by atoms with van der Waals surface area (Å²) in [5.41, 5.74) is 7.71. The lowest BCUT2D eigenvalue weighted by Gasteiger charge is -2.35. The summed E-state index contributed by atoms with van der Waals surface area (Å²) in [6, 6.07) is 11.6. The van der Waals surface area contributed by atoms with Crippen LogP contribution in [0.25, 0.3) is 0 Å². The molecule has 0 aliphatic carbocycles. The number of amides is 4. The standard InChI is InChI=1S/C33H41N5O9.C2HF3O2/c1-19(28(39)35-18-21-7-3-2-4-8-21)36-30(41)26-16-13-22-9-5-6-10-25(31(42)38(22)26)37-29(40)24(34)17-20-11-14-23(15-12-20)47-27(32(43)44)33(45)46;3-2(4,5)1(6)7/h2-4,7-8,11-12,14-15,19,22,24-27H,5-6,9-10,13,16-18,34H2,1H3,(H,35,39)(H,36,41)(H,37,40)(H,43,44)(H,45,46);(H,6,7)/t19-,22?,24-,25-,26-;/m0./s1. The van der Waals surface area contributed by atoms with Crippen LogP contribution in [-0.2, 0) is 46.5 Å². The average Bonchev–Trinajstić information content (AvgIpc) is 3.53. The van der Waals surface area contributed by atoms with Gasteiger partial charge in [-0.1, -0.05) is 55.3 Å². The highest BCUT2D eigenvalue weighted by Gasteiger charge is 2.44. The van der Waals surface area contributed by atoms with Crippen LogP contribution in [0, 0.1) is 0 Å². The highest BCUT2D eigenvalue weighted by atomic mass is 19.4. The summed E-state index contributed by atoms with van der Waals surface area (Å²) < 4.78 is 36.7. The Morgan fingerprint density at radius 2 is 1.46 bits per heavy atom. The van der Waals surface area contributed by atoms with E-state index in [-0.39, 0.29) is 30.0 Å². The van der Waals surface area contributed by atoms with E-state index in [0.29, 0.717) is 37.8 Å². The summed E-state index contributed by atoms with van der Waals surface area (Å²) in [4.78, 5) is 85.6. The molecule has 4 rings (SSSR count). The number of nitrogens with two attached hydrogens (primary N) is 1. The topological polar surface area (TPSA) is 255 Å². The molecule has 2 fully saturated rings. The smallest absolute Gasteiger partial charge is 0.478 e. The number of nitrogens with one attached hydrogen (secondary N) is 3. The van der Waals surface area contributed by atoms with Gasteiger partial charge >= 0.3 is 24.1 Å². The number of benzene rings is 2. The predicted molar refractivity (Wildman–Crippen MR) is 181 cm³/mol. The first kappa shape index (κ1) is 42.7. The van der Waals surface area contributed by atoms with Crippen LogP contribution in [0.3, 0.4) is 0 Å². The molecule has 0 spiro atoms. The lowest BCUT2D eigenvalue weighted by molar-refractivity contribution is -0.192. The number of rotatable bonds is 13. The van der Waals surface area contributed by atoms with Crippen molar-refractivity contribution in [2.45, 2.75) is 101 Å². The number of hydrogen-bond acceptors (Lipinski definition) is 9. The first-order valence-electron chi connectivity index (χ1n) is 16.9. The zero-order chi connectivity index (χ0) is 40.2. The zero-order valence-electron chi connectivity index (χ0n) is 29.1. The number of alkyl halides is 3. The fourth-order valence-corrected chi connectivity index (χ4v) is 5.91. The van der Waals surface area contributed by atoms with Crippen LogP contribution in [0.1, 0.15) is 56.6 Å². The Morgan fingerprint density at radius 1 is 0.870 bits per heavy atom. The van der Waals surface area contributed by atoms with E-state index in [0.717, 1.165) is 18.4 Å². The zero-order valence-corrected chi connectivity index (χ0v) is 29.1. The van der Waals surface area contributed by atoms with Gasteiger partial charge in [-0.15, -0.1) is 0 Å². The molecule has 0 aromatic heterocycles. The Labute approximate surface area is 307 Å². The molecule has 16 nitrogen and oxygen atoms in total. The second-order valence-corrected chi connectivity index (χ2v) is 12.7. The molecule has 2 aromatic rings. The fourth-order valence-electron chi connectivity index (χ4n) is 5.91. The third-order valence-electron chi connectivity index (χ3n) is 8.68. The molecule has 0 radical (unpaired) electrons. The van der Waals surface area contributed by atoms with Crippen LogP contribution in [0.2, 0.25) is 0 Å². The summed E-state index contributed by atoms with van der Waals surface area (Å²) in [7, 11) is 0. The number of hydrogen-bond donors (Lipinski definition) is 7. The molecule has 5 atom stereocenters. The van der Waals surface area contributed by atoms with Crippen molar-refractivity contribution in [3.05, 3.63) is 65.7 Å². The van der Waals surface area contributed by atoms with Gasteiger partial charge in [-0.3, -0.25) is 19.2 Å². The maximum atomic E-state index is 13.8. The highest BCUT2D eigenvalue weighted by Crippen LogP contribution is 2.31. The van der Waals surface area contributed by atoms with E-state index in [9.17, 15) is 41.9 Å². The van der Waals surface area contributed by atoms with Gasteiger partial charge < -0.3 is 46.6 Å². The van der Waals surface area contributed by atoms with Crippen molar-refractivity contribution in [1.29, 1.82) is 0 Å². The van der Waals surface area contributed by atoms with Crippen LogP contribution in [0.15, 0.2) is 54.6 Å². The molecule has 2 aliphatic rings. The quantitative estimate of drug-likeness (QED) is 0.143. The van der Waals surface area contributed by atoms with Gasteiger partial charge in [0.15, 0.2) is 0 Å². The summed E-state index contributed by atoms with van der Waals surface area (Å²) >= 11 is 0. The summed E-state index contributed by atoms with van der Waals surface area (Å²) in [5.74, 6) is -7.71. The molecule has 8 N–H and O–H groups in total. The van der Waals surface area contributed by atoms with Gasteiger partial charge in [-0.2, -0.15) is 13.2 Å². The van der Waals surface area contributed by atoms with E-state index in [4.69, 9.17) is 30.6 Å². The molecule has 0 saturated carbocycles. The van der Waals surface area contributed by atoms with Crippen molar-refractivity contribution >= 4 is 41.5 Å². The van der Waals surface area contributed by atoms with Crippen LogP contribution in [0.4, 0.5) is 13.2 Å². The van der Waals surface area contributed by atoms with Crippen LogP contribution in [0.5, 0.6) is 5.75 Å². The molecule has 294 valence electrons. The van der Waals surface area contributed by atoms with Crippen molar-refractivity contribution in [3.63, 3.8) is 0 Å². The van der Waals surface area contributed by atoms with Gasteiger partial charge in [0.2, 0.25) is 23.6 Å². The number of carbonyl (C=O) groups is 7. The minimum atomic E-state index is -5.08. The minimum absolute atomic E-state index is 0.0163. The number of carboxylic acid groups (broad SMARTS) is 3. The molecular formula is C35H42F3N5O11. The first-order valence-corrected chi connectivity index (χ1v) is 16.9. The highest BCUT2D eigenvalue weighted by molar-refractivity contribution is 5.97. The summed E-state index contributed by atoms with van der Waals surface area (Å²) in [6.45, 7) is 1.91. The number of halogens is 3. The van der Waals surface area contributed by atoms with E-state index < -0.39 is 66.2 Å². The largest absolute Gasteiger partial charge is 0.490 e. The molecular weight excluding hydrogens is 723 g/mol. The number of carboxylic acids is 3. The third-order valence-corrected chi connectivity index (χ3v) is 8.68. The second kappa shape index (κ2) is 19.4. The number of fused-ring (bicyclic) bond motifs is 1. The Balaban J connectivity index is 0.00000102. The summed E-state index contributed by atoms with van der Waals surface area (Å²) in [5, 5.41) is 33.5. The SMILES string of the molecule is C[C@H](NC(=O)[C@@H]1CCC2CCCC[C@H](NC(=O)[C@@H](N)Cc3ccc(OC(C(=O)O)C(=O)O)cc3)C(=O)N21)C(=O)NCc1ccccc1.O=C(O)C(F)(F)F. The van der Waals surface area contributed by atoms with Gasteiger partial charge in [0.25, 0.3) is 6.10 Å². The van der Waals surface area contributed by atoms with Crippen LogP contribution < -0.4 is 26.4 Å². The minimum Gasteiger partial charge on any atom is -0.478 e. The Hall–Kier alpha value is -5.72. The molecule has 19 heteroatoms. The average molecular weight is 766 g/mol. The molecule has 2 aliphatic heterocycles. The van der Waals surface area contributed by atoms with Crippen molar-refractivity contribution in [2.24, 2.45) is 5.73 Å². The molecule has 4 amide bonds. The monoisotopic (exact) mass is 765 g/mol. The van der Waals surface area contributed by atoms with Crippen molar-refractivity contribution in [3.8, 4) is 5.75 Å². The Bertz CT molecular complexity index is 1650. The maximum Gasteiger partial charge on any atom is 0.490 e. The van der Waals surface area contributed by atoms with Gasteiger partial charge in [-0.25, -0.2) is 14.4 Å². The molecule has 2 saturated heterocycles. The first-order chi connectivity index (χ1) is 25.4. The number of aliphatic carboxylic acids is 3. The van der Waals surface area contributed by atoms with Gasteiger partial charge in [0, 0.05) is 12.6 Å². The lowest BCUT2D eigenvalue weighted by atomic mass is 9.98. The molecule has 1 unspecified atom stereocenters. The maximum absolute atomic E-state index is 13.8. The van der Waals surface area contributed by atoms with Crippen molar-refractivity contribution < 1.29 is 66.8 Å². The van der Waals surface area contributed by atoms with Crippen LogP contribution in [-0.4, -0.2) is 104 Å². The predicted octanol–water partition coefficient (Wildman–Crippen LogP) is 1.35. The van der Waals surface area contributed by atoms with E-state index in [1.807, 2.05) is 30.3 Å². The second-order valence-electron chi connectivity index (χ2n) is 12.7. The summed E-state index contributed by atoms with van der Waals surface area (Å²) in [6.07, 6.45) is -3.34.